The van der Waals surface area contributed by atoms with Crippen LogP contribution in [0.5, 0.6) is 0 Å². The van der Waals surface area contributed by atoms with Crippen molar-refractivity contribution in [1.82, 2.24) is 0 Å². The molecule has 0 N–H and O–H groups in total. The maximum Gasteiger partial charge on any atom is 0.338 e. The molecule has 1 aliphatic heterocycles. The quantitative estimate of drug-likeness (QED) is 0.467. The minimum atomic E-state index is -0.359. The van der Waals surface area contributed by atoms with Gasteiger partial charge in [-0.05, 0) is 71.0 Å². The first kappa shape index (κ1) is 20.4. The molecule has 4 rings (SSSR count). The van der Waals surface area contributed by atoms with Gasteiger partial charge in [0, 0.05) is 17.1 Å². The van der Waals surface area contributed by atoms with Crippen molar-refractivity contribution in [3.63, 3.8) is 0 Å². The summed E-state index contributed by atoms with van der Waals surface area (Å²) < 4.78 is 5.96. The van der Waals surface area contributed by atoms with E-state index < -0.39 is 0 Å². The Labute approximate surface area is 184 Å². The molecule has 152 valence electrons. The van der Waals surface area contributed by atoms with Gasteiger partial charge >= 0.3 is 5.97 Å². The van der Waals surface area contributed by atoms with Crippen LogP contribution in [0.25, 0.3) is 11.1 Å². The average Bonchev–Trinajstić information content (AvgIpc) is 2.74. The lowest BCUT2D eigenvalue weighted by Crippen LogP contribution is -2.30. The Hall–Kier alpha value is -2.92. The number of fused-ring (bicyclic) bond motifs is 2. The Balaban J connectivity index is 1.79. The molecule has 0 atom stereocenters. The van der Waals surface area contributed by atoms with Crippen LogP contribution in [0.3, 0.4) is 0 Å². The second kappa shape index (κ2) is 8.44. The summed E-state index contributed by atoms with van der Waals surface area (Å²) in [6, 6.07) is 19.8. The van der Waals surface area contributed by atoms with E-state index in [1.807, 2.05) is 41.3 Å². The molecule has 3 aromatic rings. The van der Waals surface area contributed by atoms with E-state index in [9.17, 15) is 9.59 Å². The van der Waals surface area contributed by atoms with E-state index >= 15 is 0 Å². The van der Waals surface area contributed by atoms with Crippen molar-refractivity contribution in [2.24, 2.45) is 0 Å². The highest BCUT2D eigenvalue weighted by molar-refractivity contribution is 9.10. The highest BCUT2D eigenvalue weighted by atomic mass is 79.9. The molecule has 0 radical (unpaired) electrons. The first-order valence-electron chi connectivity index (χ1n) is 9.84. The van der Waals surface area contributed by atoms with E-state index in [-0.39, 0.29) is 11.9 Å². The van der Waals surface area contributed by atoms with Crippen LogP contribution < -0.4 is 4.90 Å². The van der Waals surface area contributed by atoms with Crippen molar-refractivity contribution in [3.8, 4) is 11.1 Å². The summed E-state index contributed by atoms with van der Waals surface area (Å²) in [4.78, 5) is 26.6. The highest BCUT2D eigenvalue weighted by Gasteiger charge is 2.22. The lowest BCUT2D eigenvalue weighted by atomic mass is 9.91. The first-order valence-corrected chi connectivity index (χ1v) is 10.6. The first-order chi connectivity index (χ1) is 14.5. The number of aryl methyl sites for hydroxylation is 2. The molecule has 0 bridgehead atoms. The Morgan fingerprint density at radius 1 is 0.933 bits per heavy atom. The molecule has 4 nitrogen and oxygen atoms in total. The van der Waals surface area contributed by atoms with Crippen molar-refractivity contribution in [2.75, 3.05) is 12.0 Å². The van der Waals surface area contributed by atoms with Crippen LogP contribution in [0.2, 0.25) is 0 Å². The largest absolute Gasteiger partial charge is 0.465 e. The zero-order valence-electron chi connectivity index (χ0n) is 16.9. The van der Waals surface area contributed by atoms with E-state index in [0.29, 0.717) is 12.1 Å². The monoisotopic (exact) mass is 463 g/mol. The van der Waals surface area contributed by atoms with Gasteiger partial charge in [-0.15, -0.1) is 0 Å². The average molecular weight is 464 g/mol. The van der Waals surface area contributed by atoms with Crippen LogP contribution in [0.15, 0.2) is 65.1 Å². The molecule has 0 aliphatic carbocycles. The van der Waals surface area contributed by atoms with Crippen molar-refractivity contribution in [1.29, 1.82) is 0 Å². The lowest BCUT2D eigenvalue weighted by molar-refractivity contribution is -0.116. The van der Waals surface area contributed by atoms with Gasteiger partial charge in [-0.25, -0.2) is 4.79 Å². The van der Waals surface area contributed by atoms with Crippen molar-refractivity contribution in [3.05, 3.63) is 87.4 Å². The predicted molar refractivity (Wildman–Crippen MR) is 122 cm³/mol. The summed E-state index contributed by atoms with van der Waals surface area (Å²) in [6.07, 6.45) is 1.74. The number of nitrogens with zero attached hydrogens (tertiary/aromatic N) is 1. The topological polar surface area (TPSA) is 46.6 Å². The number of carbonyl (C=O) groups is 2. The second-order valence-corrected chi connectivity index (χ2v) is 8.31. The number of amides is 1. The molecule has 0 spiro atoms. The number of methoxy groups -OCH3 is 1. The number of hydrogen-bond acceptors (Lipinski definition) is 3. The van der Waals surface area contributed by atoms with Gasteiger partial charge in [0.15, 0.2) is 0 Å². The van der Waals surface area contributed by atoms with E-state index in [1.165, 1.54) is 12.7 Å². The summed E-state index contributed by atoms with van der Waals surface area (Å²) in [5, 5.41) is 0. The van der Waals surface area contributed by atoms with Crippen LogP contribution in [-0.4, -0.2) is 19.0 Å². The Morgan fingerprint density at radius 2 is 1.70 bits per heavy atom. The summed E-state index contributed by atoms with van der Waals surface area (Å²) >= 11 is 3.54. The van der Waals surface area contributed by atoms with Gasteiger partial charge in [0.25, 0.3) is 0 Å². The van der Waals surface area contributed by atoms with Crippen molar-refractivity contribution >= 4 is 33.5 Å². The summed E-state index contributed by atoms with van der Waals surface area (Å²) in [5.74, 6) is -0.353. The number of esters is 1. The highest BCUT2D eigenvalue weighted by Crippen LogP contribution is 2.33. The normalized spacial score (nSPS) is 13.0. The minimum Gasteiger partial charge on any atom is -0.465 e. The number of ether oxygens (including phenoxy) is 1. The van der Waals surface area contributed by atoms with Gasteiger partial charge in [-0.2, -0.15) is 0 Å². The molecule has 1 heterocycles. The van der Waals surface area contributed by atoms with Crippen LogP contribution in [0, 0.1) is 0 Å². The maximum absolute atomic E-state index is 12.5. The van der Waals surface area contributed by atoms with Gasteiger partial charge < -0.3 is 9.64 Å². The third-order valence-electron chi connectivity index (χ3n) is 5.55. The molecular formula is C25H22BrNO3. The predicted octanol–water partition coefficient (Wildman–Crippen LogP) is 5.55. The fraction of sp³-hybridized carbons (Fsp3) is 0.200. The minimum absolute atomic E-state index is 0.00628. The molecule has 0 saturated carbocycles. The maximum atomic E-state index is 12.5. The number of anilines is 1. The van der Waals surface area contributed by atoms with E-state index in [2.05, 4.69) is 34.1 Å². The zero-order valence-corrected chi connectivity index (χ0v) is 18.5. The van der Waals surface area contributed by atoms with Gasteiger partial charge in [-0.3, -0.25) is 4.79 Å². The summed E-state index contributed by atoms with van der Waals surface area (Å²) in [6.45, 7) is 2.09. The molecule has 0 aromatic heterocycles. The standard InChI is InChI=1S/C25H22BrNO3/c1-16(28)27-15-20-13-18(22-5-3-4-6-23(22)25(29)30-2)9-7-17(20)8-10-19-14-21(26)11-12-24(19)27/h3-7,9,11-14H,8,10,15H2,1-2H3. The van der Waals surface area contributed by atoms with Crippen molar-refractivity contribution < 1.29 is 14.3 Å². The molecule has 3 aromatic carbocycles. The van der Waals surface area contributed by atoms with Crippen LogP contribution in [-0.2, 0) is 28.9 Å². The molecule has 5 heteroatoms. The fourth-order valence-electron chi connectivity index (χ4n) is 4.03. The smallest absolute Gasteiger partial charge is 0.338 e. The van der Waals surface area contributed by atoms with Gasteiger partial charge in [-0.1, -0.05) is 46.3 Å². The van der Waals surface area contributed by atoms with Crippen LogP contribution in [0.1, 0.15) is 34.0 Å². The molecule has 0 unspecified atom stereocenters. The van der Waals surface area contributed by atoms with E-state index in [4.69, 9.17) is 4.74 Å². The van der Waals surface area contributed by atoms with Gasteiger partial charge in [0.2, 0.25) is 5.91 Å². The Kier molecular flexibility index (Phi) is 5.73. The lowest BCUT2D eigenvalue weighted by Gasteiger charge is -2.28. The number of benzene rings is 3. The van der Waals surface area contributed by atoms with Crippen LogP contribution in [0.4, 0.5) is 5.69 Å². The number of rotatable bonds is 2. The second-order valence-electron chi connectivity index (χ2n) is 7.40. The Morgan fingerprint density at radius 3 is 2.47 bits per heavy atom. The molecule has 0 fully saturated rings. The summed E-state index contributed by atoms with van der Waals surface area (Å²) in [7, 11) is 1.39. The SMILES string of the molecule is COC(=O)c1ccccc1-c1ccc2c(c1)CN(C(C)=O)c1ccc(Br)cc1CC2. The van der Waals surface area contributed by atoms with Gasteiger partial charge in [0.05, 0.1) is 19.2 Å². The summed E-state index contributed by atoms with van der Waals surface area (Å²) in [5.41, 5.74) is 6.72. The molecular weight excluding hydrogens is 442 g/mol. The van der Waals surface area contributed by atoms with E-state index in [0.717, 1.165) is 45.3 Å². The fourth-order valence-corrected chi connectivity index (χ4v) is 4.44. The van der Waals surface area contributed by atoms with Crippen LogP contribution >= 0.6 is 15.9 Å². The number of halogens is 1. The molecule has 30 heavy (non-hydrogen) atoms. The number of hydrogen-bond donors (Lipinski definition) is 0. The molecule has 0 saturated heterocycles. The number of carbonyl (C=O) groups excluding carboxylic acids is 2. The van der Waals surface area contributed by atoms with Crippen molar-refractivity contribution in [2.45, 2.75) is 26.3 Å². The van der Waals surface area contributed by atoms with E-state index in [1.54, 1.807) is 13.0 Å². The zero-order chi connectivity index (χ0) is 21.3. The third-order valence-corrected chi connectivity index (χ3v) is 6.05. The molecule has 1 aliphatic rings. The van der Waals surface area contributed by atoms with Gasteiger partial charge in [0.1, 0.15) is 0 Å². The third kappa shape index (κ3) is 3.90. The molecule has 1 amide bonds. The Bertz CT molecular complexity index is 1140.